The summed E-state index contributed by atoms with van der Waals surface area (Å²) in [5, 5.41) is 11.9. The van der Waals surface area contributed by atoms with Crippen LogP contribution in [0.2, 0.25) is 0 Å². The number of amides is 1. The first-order chi connectivity index (χ1) is 10.4. The van der Waals surface area contributed by atoms with E-state index in [0.29, 0.717) is 11.6 Å². The Morgan fingerprint density at radius 1 is 1.32 bits per heavy atom. The molecule has 6 nitrogen and oxygen atoms in total. The molecule has 120 valence electrons. The van der Waals surface area contributed by atoms with E-state index in [4.69, 9.17) is 9.84 Å². The van der Waals surface area contributed by atoms with Crippen LogP contribution in [0.1, 0.15) is 34.6 Å². The number of aromatic carboxylic acids is 1. The van der Waals surface area contributed by atoms with Crippen molar-refractivity contribution in [2.45, 2.75) is 32.0 Å². The van der Waals surface area contributed by atoms with Crippen LogP contribution in [0.4, 0.5) is 0 Å². The number of hydrogen-bond acceptors (Lipinski definition) is 4. The first kappa shape index (κ1) is 16.5. The number of hydrogen-bond donors (Lipinski definition) is 2. The Bertz CT molecular complexity index is 559. The first-order valence-electron chi connectivity index (χ1n) is 7.33. The lowest BCUT2D eigenvalue weighted by Crippen LogP contribution is -2.43. The second kappa shape index (κ2) is 6.89. The van der Waals surface area contributed by atoms with Gasteiger partial charge in [-0.1, -0.05) is 6.07 Å². The summed E-state index contributed by atoms with van der Waals surface area (Å²) in [4.78, 5) is 25.6. The summed E-state index contributed by atoms with van der Waals surface area (Å²) in [6, 6.07) is 6.31. The molecule has 1 aromatic rings. The van der Waals surface area contributed by atoms with E-state index < -0.39 is 5.97 Å². The van der Waals surface area contributed by atoms with Crippen molar-refractivity contribution in [3.63, 3.8) is 0 Å². The molecule has 1 aromatic carbocycles. The van der Waals surface area contributed by atoms with E-state index in [0.717, 1.165) is 13.1 Å². The molecule has 1 saturated heterocycles. The second-order valence-electron chi connectivity index (χ2n) is 5.79. The molecule has 0 radical (unpaired) electrons. The average molecular weight is 306 g/mol. The molecular formula is C16H22N2O4. The minimum Gasteiger partial charge on any atom is -0.478 e. The van der Waals surface area contributed by atoms with E-state index in [9.17, 15) is 9.59 Å². The van der Waals surface area contributed by atoms with Crippen LogP contribution in [0.5, 0.6) is 0 Å². The number of carboxylic acids is 1. The van der Waals surface area contributed by atoms with Gasteiger partial charge in [0.15, 0.2) is 0 Å². The van der Waals surface area contributed by atoms with Crippen molar-refractivity contribution < 1.29 is 19.4 Å². The molecule has 1 amide bonds. The van der Waals surface area contributed by atoms with Gasteiger partial charge in [-0.15, -0.1) is 0 Å². The van der Waals surface area contributed by atoms with Gasteiger partial charge in [-0.2, -0.15) is 0 Å². The van der Waals surface area contributed by atoms with Crippen molar-refractivity contribution >= 4 is 11.9 Å². The van der Waals surface area contributed by atoms with E-state index in [1.54, 1.807) is 19.2 Å². The fourth-order valence-electron chi connectivity index (χ4n) is 2.65. The van der Waals surface area contributed by atoms with E-state index in [-0.39, 0.29) is 23.6 Å². The van der Waals surface area contributed by atoms with Crippen LogP contribution in [-0.4, -0.2) is 60.3 Å². The van der Waals surface area contributed by atoms with Gasteiger partial charge < -0.3 is 15.2 Å². The normalized spacial score (nSPS) is 22.0. The van der Waals surface area contributed by atoms with Crippen LogP contribution in [0.3, 0.4) is 0 Å². The quantitative estimate of drug-likeness (QED) is 0.855. The molecule has 0 aromatic heterocycles. The Morgan fingerprint density at radius 3 is 2.59 bits per heavy atom. The maximum absolute atomic E-state index is 12.3. The van der Waals surface area contributed by atoms with Crippen LogP contribution in [0, 0.1) is 0 Å². The van der Waals surface area contributed by atoms with Gasteiger partial charge in [-0.25, -0.2) is 4.79 Å². The molecule has 0 bridgehead atoms. The first-order valence-corrected chi connectivity index (χ1v) is 7.33. The maximum atomic E-state index is 12.3. The minimum absolute atomic E-state index is 0.0611. The van der Waals surface area contributed by atoms with Crippen LogP contribution in [-0.2, 0) is 4.74 Å². The number of nitrogens with zero attached hydrogens (tertiary/aromatic N) is 1. The molecular weight excluding hydrogens is 284 g/mol. The van der Waals surface area contributed by atoms with Gasteiger partial charge in [0, 0.05) is 31.8 Å². The molecule has 22 heavy (non-hydrogen) atoms. The van der Waals surface area contributed by atoms with Crippen LogP contribution < -0.4 is 5.32 Å². The van der Waals surface area contributed by atoms with Gasteiger partial charge >= 0.3 is 5.97 Å². The molecule has 0 saturated carbocycles. The molecule has 1 heterocycles. The van der Waals surface area contributed by atoms with Crippen molar-refractivity contribution in [3.05, 3.63) is 35.4 Å². The molecule has 1 aliphatic heterocycles. The van der Waals surface area contributed by atoms with E-state index >= 15 is 0 Å². The third-order valence-electron chi connectivity index (χ3n) is 4.02. The zero-order valence-electron chi connectivity index (χ0n) is 13.1. The number of carboxylic acid groups (broad SMARTS) is 1. The van der Waals surface area contributed by atoms with Gasteiger partial charge in [0.05, 0.1) is 17.7 Å². The van der Waals surface area contributed by atoms with E-state index in [1.807, 2.05) is 0 Å². The Balaban J connectivity index is 2.08. The van der Waals surface area contributed by atoms with Crippen LogP contribution in [0.25, 0.3) is 0 Å². The molecule has 0 unspecified atom stereocenters. The predicted molar refractivity (Wildman–Crippen MR) is 82.2 cm³/mol. The minimum atomic E-state index is -1.05. The van der Waals surface area contributed by atoms with Crippen molar-refractivity contribution in [1.82, 2.24) is 10.2 Å². The summed E-state index contributed by atoms with van der Waals surface area (Å²) in [6.45, 7) is 5.70. The number of carbonyl (C=O) groups is 2. The third-order valence-corrected chi connectivity index (χ3v) is 4.02. The summed E-state index contributed by atoms with van der Waals surface area (Å²) in [5.74, 6) is -1.32. The highest BCUT2D eigenvalue weighted by Gasteiger charge is 2.35. The van der Waals surface area contributed by atoms with Gasteiger partial charge in [-0.05, 0) is 32.0 Å². The highest BCUT2D eigenvalue weighted by Crippen LogP contribution is 2.16. The lowest BCUT2D eigenvalue weighted by molar-refractivity contribution is 0.0697. The van der Waals surface area contributed by atoms with Crippen molar-refractivity contribution in [2.24, 2.45) is 0 Å². The zero-order valence-corrected chi connectivity index (χ0v) is 13.1. The second-order valence-corrected chi connectivity index (χ2v) is 5.79. The molecule has 2 atom stereocenters. The lowest BCUT2D eigenvalue weighted by Gasteiger charge is -2.20. The summed E-state index contributed by atoms with van der Waals surface area (Å²) >= 11 is 0. The fourth-order valence-corrected chi connectivity index (χ4v) is 2.65. The Morgan fingerprint density at radius 2 is 2.00 bits per heavy atom. The summed E-state index contributed by atoms with van der Waals surface area (Å²) in [5.41, 5.74) is 0.448. The predicted octanol–water partition coefficient (Wildman–Crippen LogP) is 1.22. The van der Waals surface area contributed by atoms with E-state index in [2.05, 4.69) is 24.1 Å². The number of rotatable bonds is 5. The standard InChI is InChI=1S/C16H22N2O4/c1-10(2)18-8-13(14(9-18)22-3)17-15(19)11-5-4-6-12(7-11)16(20)21/h4-7,10,13-14H,8-9H2,1-3H3,(H,17,19)(H,20,21)/t13-,14-/m1/s1. The monoisotopic (exact) mass is 306 g/mol. The van der Waals surface area contributed by atoms with Crippen LogP contribution >= 0.6 is 0 Å². The van der Waals surface area contributed by atoms with Crippen molar-refractivity contribution in [1.29, 1.82) is 0 Å². The molecule has 1 aliphatic rings. The summed E-state index contributed by atoms with van der Waals surface area (Å²) < 4.78 is 5.45. The average Bonchev–Trinajstić information content (AvgIpc) is 2.90. The lowest BCUT2D eigenvalue weighted by atomic mass is 10.1. The molecule has 2 N–H and O–H groups in total. The van der Waals surface area contributed by atoms with Crippen molar-refractivity contribution in [2.75, 3.05) is 20.2 Å². The molecule has 6 heteroatoms. The Labute approximate surface area is 130 Å². The number of methoxy groups -OCH3 is 1. The number of ether oxygens (including phenoxy) is 1. The van der Waals surface area contributed by atoms with E-state index in [1.165, 1.54) is 12.1 Å². The highest BCUT2D eigenvalue weighted by molar-refractivity contribution is 5.97. The van der Waals surface area contributed by atoms with Crippen molar-refractivity contribution in [3.8, 4) is 0 Å². The van der Waals surface area contributed by atoms with Gasteiger partial charge in [0.25, 0.3) is 5.91 Å². The highest BCUT2D eigenvalue weighted by atomic mass is 16.5. The molecule has 0 aliphatic carbocycles. The summed E-state index contributed by atoms with van der Waals surface area (Å²) in [7, 11) is 1.64. The smallest absolute Gasteiger partial charge is 0.335 e. The fraction of sp³-hybridized carbons (Fsp3) is 0.500. The maximum Gasteiger partial charge on any atom is 0.335 e. The molecule has 1 fully saturated rings. The SMILES string of the molecule is CO[C@@H]1CN(C(C)C)C[C@H]1NC(=O)c1cccc(C(=O)O)c1. The topological polar surface area (TPSA) is 78.9 Å². The van der Waals surface area contributed by atoms with Gasteiger partial charge in [0.2, 0.25) is 0 Å². The molecule has 2 rings (SSSR count). The largest absolute Gasteiger partial charge is 0.478 e. The number of benzene rings is 1. The van der Waals surface area contributed by atoms with Gasteiger partial charge in [-0.3, -0.25) is 9.69 Å². The zero-order chi connectivity index (χ0) is 16.3. The number of carbonyl (C=O) groups excluding carboxylic acids is 1. The van der Waals surface area contributed by atoms with Crippen LogP contribution in [0.15, 0.2) is 24.3 Å². The number of likely N-dealkylation sites (tertiary alicyclic amines) is 1. The molecule has 0 spiro atoms. The Kier molecular flexibility index (Phi) is 5.15. The third kappa shape index (κ3) is 3.64. The Hall–Kier alpha value is -1.92. The number of nitrogens with one attached hydrogen (secondary N) is 1. The summed E-state index contributed by atoms with van der Waals surface area (Å²) in [6.07, 6.45) is -0.0611. The van der Waals surface area contributed by atoms with Gasteiger partial charge in [0.1, 0.15) is 0 Å².